The Bertz CT molecular complexity index is 1100. The average molecular weight is 452 g/mol. The Morgan fingerprint density at radius 3 is 2.70 bits per heavy atom. The average Bonchev–Trinajstić information content (AvgIpc) is 3.35. The molecule has 0 radical (unpaired) electrons. The monoisotopic (exact) mass is 451 g/mol. The minimum absolute atomic E-state index is 0.0229. The molecular weight excluding hydrogens is 422 g/mol. The fourth-order valence-corrected chi connectivity index (χ4v) is 5.32. The standard InChI is InChI=1S/C24H29N5O4/c1-15-7-3-4-12-28(15)22(30)17-8-6-11-27(13-17)20-10-5-9-18-21(20)24(32)29(23(18)31)14-19-16(2)25-33-26-19/h5,9-10,15,17H,3-4,6-8,11-14H2,1-2H3. The first-order valence-corrected chi connectivity index (χ1v) is 11.8. The van der Waals surface area contributed by atoms with Crippen molar-refractivity contribution >= 4 is 23.4 Å². The topological polar surface area (TPSA) is 99.8 Å². The largest absolute Gasteiger partial charge is 0.370 e. The number of carbonyl (C=O) groups is 3. The molecule has 33 heavy (non-hydrogen) atoms. The van der Waals surface area contributed by atoms with Crippen molar-refractivity contribution < 1.29 is 19.0 Å². The molecule has 4 heterocycles. The minimum atomic E-state index is -0.342. The van der Waals surface area contributed by atoms with Crippen LogP contribution in [0.1, 0.15) is 71.1 Å². The second-order valence-corrected chi connectivity index (χ2v) is 9.35. The summed E-state index contributed by atoms with van der Waals surface area (Å²) >= 11 is 0. The summed E-state index contributed by atoms with van der Waals surface area (Å²) in [6.07, 6.45) is 5.02. The van der Waals surface area contributed by atoms with Crippen LogP contribution in [0.5, 0.6) is 0 Å². The van der Waals surface area contributed by atoms with Gasteiger partial charge < -0.3 is 9.80 Å². The smallest absolute Gasteiger partial charge is 0.264 e. The minimum Gasteiger partial charge on any atom is -0.370 e. The van der Waals surface area contributed by atoms with Crippen molar-refractivity contribution in [2.75, 3.05) is 24.5 Å². The van der Waals surface area contributed by atoms with Crippen molar-refractivity contribution in [3.63, 3.8) is 0 Å². The molecule has 0 saturated carbocycles. The molecule has 0 bridgehead atoms. The van der Waals surface area contributed by atoms with Gasteiger partial charge >= 0.3 is 0 Å². The highest BCUT2D eigenvalue weighted by atomic mass is 16.6. The number of imide groups is 1. The molecule has 2 fully saturated rings. The molecule has 0 spiro atoms. The van der Waals surface area contributed by atoms with Crippen molar-refractivity contribution in [2.24, 2.45) is 5.92 Å². The quantitative estimate of drug-likeness (QED) is 0.659. The van der Waals surface area contributed by atoms with Crippen molar-refractivity contribution in [3.05, 3.63) is 40.7 Å². The summed E-state index contributed by atoms with van der Waals surface area (Å²) < 4.78 is 4.72. The van der Waals surface area contributed by atoms with Gasteiger partial charge in [-0.1, -0.05) is 16.4 Å². The maximum atomic E-state index is 13.3. The number of benzene rings is 1. The van der Waals surface area contributed by atoms with E-state index in [1.807, 2.05) is 17.0 Å². The third-order valence-electron chi connectivity index (χ3n) is 7.23. The zero-order valence-corrected chi connectivity index (χ0v) is 19.1. The Balaban J connectivity index is 1.38. The predicted molar refractivity (Wildman–Crippen MR) is 120 cm³/mol. The number of nitrogens with zero attached hydrogens (tertiary/aromatic N) is 5. The Morgan fingerprint density at radius 2 is 1.94 bits per heavy atom. The number of hydrogen-bond donors (Lipinski definition) is 0. The molecule has 2 saturated heterocycles. The molecule has 3 amide bonds. The van der Waals surface area contributed by atoms with E-state index in [2.05, 4.69) is 22.1 Å². The molecule has 2 aromatic rings. The van der Waals surface area contributed by atoms with E-state index >= 15 is 0 Å². The molecule has 0 aliphatic carbocycles. The number of aryl methyl sites for hydroxylation is 1. The van der Waals surface area contributed by atoms with Gasteiger partial charge in [0.2, 0.25) is 5.91 Å². The molecule has 174 valence electrons. The van der Waals surface area contributed by atoms with Crippen LogP contribution in [-0.4, -0.2) is 63.5 Å². The SMILES string of the molecule is Cc1nonc1CN1C(=O)c2cccc(N3CCCC(C(=O)N4CCCCC4C)C3)c2C1=O. The van der Waals surface area contributed by atoms with Crippen molar-refractivity contribution in [3.8, 4) is 0 Å². The summed E-state index contributed by atoms with van der Waals surface area (Å²) in [5.41, 5.74) is 2.55. The summed E-state index contributed by atoms with van der Waals surface area (Å²) in [6.45, 7) is 6.02. The van der Waals surface area contributed by atoms with E-state index in [0.29, 0.717) is 29.1 Å². The van der Waals surface area contributed by atoms with Crippen LogP contribution in [0.4, 0.5) is 5.69 Å². The first kappa shape index (κ1) is 21.6. The van der Waals surface area contributed by atoms with Crippen molar-refractivity contribution in [1.82, 2.24) is 20.1 Å². The van der Waals surface area contributed by atoms with Crippen LogP contribution in [0.25, 0.3) is 0 Å². The highest BCUT2D eigenvalue weighted by molar-refractivity contribution is 6.23. The van der Waals surface area contributed by atoms with Gasteiger partial charge in [0, 0.05) is 25.7 Å². The number of amides is 3. The van der Waals surface area contributed by atoms with Crippen LogP contribution in [0.3, 0.4) is 0 Å². The van der Waals surface area contributed by atoms with Gasteiger partial charge in [0.15, 0.2) is 0 Å². The van der Waals surface area contributed by atoms with Gasteiger partial charge in [-0.25, -0.2) is 4.63 Å². The number of anilines is 1. The second-order valence-electron chi connectivity index (χ2n) is 9.35. The maximum absolute atomic E-state index is 13.3. The van der Waals surface area contributed by atoms with Crippen LogP contribution in [0.15, 0.2) is 22.8 Å². The normalized spacial score (nSPS) is 23.3. The summed E-state index contributed by atoms with van der Waals surface area (Å²) in [7, 11) is 0. The van der Waals surface area contributed by atoms with Crippen molar-refractivity contribution in [1.29, 1.82) is 0 Å². The van der Waals surface area contributed by atoms with Crippen LogP contribution in [0, 0.1) is 12.8 Å². The van der Waals surface area contributed by atoms with Gasteiger partial charge in [0.25, 0.3) is 11.8 Å². The molecule has 1 aromatic carbocycles. The molecule has 2 unspecified atom stereocenters. The fraction of sp³-hybridized carbons (Fsp3) is 0.542. The third kappa shape index (κ3) is 3.79. The van der Waals surface area contributed by atoms with Gasteiger partial charge in [0.05, 0.1) is 29.3 Å². The fourth-order valence-electron chi connectivity index (χ4n) is 5.32. The van der Waals surface area contributed by atoms with Gasteiger partial charge in [-0.15, -0.1) is 0 Å². The lowest BCUT2D eigenvalue weighted by Gasteiger charge is -2.40. The molecular formula is C24H29N5O4. The van der Waals surface area contributed by atoms with Crippen LogP contribution < -0.4 is 4.90 Å². The molecule has 9 heteroatoms. The number of aromatic nitrogens is 2. The summed E-state index contributed by atoms with van der Waals surface area (Å²) in [4.78, 5) is 45.0. The Labute approximate surface area is 192 Å². The highest BCUT2D eigenvalue weighted by Crippen LogP contribution is 2.35. The zero-order valence-electron chi connectivity index (χ0n) is 19.1. The Hall–Kier alpha value is -3.23. The summed E-state index contributed by atoms with van der Waals surface area (Å²) in [5.74, 6) is -0.558. The molecule has 3 aliphatic rings. The van der Waals surface area contributed by atoms with Crippen LogP contribution in [0.2, 0.25) is 0 Å². The number of rotatable bonds is 4. The molecule has 0 N–H and O–H groups in total. The molecule has 1 aromatic heterocycles. The molecule has 9 nitrogen and oxygen atoms in total. The molecule has 5 rings (SSSR count). The number of piperidine rings is 2. The van der Waals surface area contributed by atoms with E-state index in [4.69, 9.17) is 4.63 Å². The highest BCUT2D eigenvalue weighted by Gasteiger charge is 2.40. The zero-order chi connectivity index (χ0) is 23.1. The Morgan fingerprint density at radius 1 is 1.09 bits per heavy atom. The van der Waals surface area contributed by atoms with Crippen LogP contribution >= 0.6 is 0 Å². The number of hydrogen-bond acceptors (Lipinski definition) is 7. The van der Waals surface area contributed by atoms with Gasteiger partial charge in [-0.3, -0.25) is 19.3 Å². The number of fused-ring (bicyclic) bond motifs is 1. The van der Waals surface area contributed by atoms with E-state index in [-0.39, 0.29) is 36.2 Å². The van der Waals surface area contributed by atoms with Gasteiger partial charge in [-0.05, 0) is 58.1 Å². The lowest BCUT2D eigenvalue weighted by atomic mass is 9.93. The predicted octanol–water partition coefficient (Wildman–Crippen LogP) is 2.79. The Kier molecular flexibility index (Phi) is 5.64. The first-order valence-electron chi connectivity index (χ1n) is 11.8. The summed E-state index contributed by atoms with van der Waals surface area (Å²) in [5, 5.41) is 7.56. The van der Waals surface area contributed by atoms with Gasteiger partial charge in [-0.2, -0.15) is 0 Å². The van der Waals surface area contributed by atoms with E-state index in [1.54, 1.807) is 13.0 Å². The van der Waals surface area contributed by atoms with Gasteiger partial charge in [0.1, 0.15) is 11.4 Å². The van der Waals surface area contributed by atoms with E-state index in [9.17, 15) is 14.4 Å². The maximum Gasteiger partial charge on any atom is 0.264 e. The molecule has 3 aliphatic heterocycles. The summed E-state index contributed by atoms with van der Waals surface area (Å²) in [6, 6.07) is 5.66. The van der Waals surface area contributed by atoms with Crippen molar-refractivity contribution in [2.45, 2.75) is 58.5 Å². The van der Waals surface area contributed by atoms with Crippen LogP contribution in [-0.2, 0) is 11.3 Å². The number of likely N-dealkylation sites (tertiary alicyclic amines) is 1. The lowest BCUT2D eigenvalue weighted by Crippen LogP contribution is -2.49. The third-order valence-corrected chi connectivity index (χ3v) is 7.23. The van der Waals surface area contributed by atoms with E-state index in [0.717, 1.165) is 44.5 Å². The first-order chi connectivity index (χ1) is 16.0. The molecule has 2 atom stereocenters. The van der Waals surface area contributed by atoms with E-state index in [1.165, 1.54) is 11.3 Å². The lowest BCUT2D eigenvalue weighted by molar-refractivity contribution is -0.139. The number of carbonyl (C=O) groups excluding carboxylic acids is 3. The van der Waals surface area contributed by atoms with E-state index < -0.39 is 0 Å². The second kappa shape index (κ2) is 8.61.